The van der Waals surface area contributed by atoms with Gasteiger partial charge >= 0.3 is 12.4 Å². The minimum absolute atomic E-state index is 0.0379. The molecule has 1 N–H and O–H groups in total. The Kier molecular flexibility index (Phi) is 9.23. The Bertz CT molecular complexity index is 1430. The second-order valence-electron chi connectivity index (χ2n) is 9.43. The molecule has 1 saturated heterocycles. The van der Waals surface area contributed by atoms with Crippen LogP contribution in [0.15, 0.2) is 35.6 Å². The summed E-state index contributed by atoms with van der Waals surface area (Å²) in [6, 6.07) is 0.833. The molecule has 0 aliphatic carbocycles. The van der Waals surface area contributed by atoms with Crippen molar-refractivity contribution >= 4 is 37.6 Å². The van der Waals surface area contributed by atoms with Crippen molar-refractivity contribution in [2.45, 2.75) is 48.8 Å². The van der Waals surface area contributed by atoms with Crippen molar-refractivity contribution in [1.82, 2.24) is 23.6 Å². The fourth-order valence-electron chi connectivity index (χ4n) is 4.21. The molecule has 0 amide bonds. The molecule has 0 radical (unpaired) electrons. The van der Waals surface area contributed by atoms with Gasteiger partial charge in [0.05, 0.1) is 12.3 Å². The molecule has 230 valence electrons. The maximum Gasteiger partial charge on any atom is 0.430 e. The summed E-state index contributed by atoms with van der Waals surface area (Å²) in [4.78, 5) is 12.0. The van der Waals surface area contributed by atoms with Gasteiger partial charge in [-0.15, -0.1) is 0 Å². The lowest BCUT2D eigenvalue weighted by Gasteiger charge is -2.43. The summed E-state index contributed by atoms with van der Waals surface area (Å²) >= 11 is 5.73. The molecule has 1 aliphatic heterocycles. The molecule has 0 saturated carbocycles. The fraction of sp³-hybridized carbons (Fsp3) is 0.571. The lowest BCUT2D eigenvalue weighted by Crippen LogP contribution is -2.60. The van der Waals surface area contributed by atoms with E-state index in [1.54, 1.807) is 13.8 Å². The van der Waals surface area contributed by atoms with E-state index in [2.05, 4.69) is 15.0 Å². The first-order valence-electron chi connectivity index (χ1n) is 11.6. The van der Waals surface area contributed by atoms with E-state index in [9.17, 15) is 48.3 Å². The van der Waals surface area contributed by atoms with Crippen LogP contribution in [0.3, 0.4) is 0 Å². The van der Waals surface area contributed by atoms with Crippen LogP contribution in [0.4, 0.5) is 32.3 Å². The molecule has 20 heteroatoms. The van der Waals surface area contributed by atoms with Crippen molar-refractivity contribution in [2.75, 3.05) is 37.3 Å². The van der Waals surface area contributed by atoms with Crippen molar-refractivity contribution in [3.8, 4) is 0 Å². The van der Waals surface area contributed by atoms with Gasteiger partial charge in [-0.3, -0.25) is 0 Å². The Morgan fingerprint density at radius 3 is 2.00 bits per heavy atom. The van der Waals surface area contributed by atoms with E-state index in [0.29, 0.717) is 0 Å². The zero-order valence-corrected chi connectivity index (χ0v) is 24.0. The maximum atomic E-state index is 13.3. The predicted octanol–water partition coefficient (Wildman–Crippen LogP) is 2.39. The van der Waals surface area contributed by atoms with Gasteiger partial charge in [-0.2, -0.15) is 35.0 Å². The van der Waals surface area contributed by atoms with Crippen molar-refractivity contribution in [1.29, 1.82) is 0 Å². The highest BCUT2D eigenvalue weighted by Gasteiger charge is 2.71. The molecule has 41 heavy (non-hydrogen) atoms. The molecule has 2 aromatic heterocycles. The van der Waals surface area contributed by atoms with E-state index in [1.807, 2.05) is 0 Å². The van der Waals surface area contributed by atoms with Crippen molar-refractivity contribution in [3.05, 3.63) is 41.4 Å². The van der Waals surface area contributed by atoms with Crippen LogP contribution in [0.1, 0.15) is 19.4 Å². The first kappa shape index (κ1) is 33.2. The van der Waals surface area contributed by atoms with Crippen molar-refractivity contribution in [3.63, 3.8) is 0 Å². The highest BCUT2D eigenvalue weighted by molar-refractivity contribution is 7.89. The molecule has 2 aromatic rings. The third-order valence-corrected chi connectivity index (χ3v) is 9.80. The van der Waals surface area contributed by atoms with E-state index in [1.165, 1.54) is 17.0 Å². The Hall–Kier alpha value is -2.32. The van der Waals surface area contributed by atoms with Crippen molar-refractivity contribution < 1.29 is 48.3 Å². The number of pyridine rings is 1. The van der Waals surface area contributed by atoms with Crippen LogP contribution in [0.25, 0.3) is 0 Å². The number of anilines is 1. The standard InChI is InChI=1S/C21H25ClF6N6O5S2/c1-13(2)34(40(3,36)37)12-15-11-32(41(38,39)16-4-5-17(22)29-10-16)6-7-33(15)18-30-8-14(9-31-18)19(35,20(23,24)25)21(26,27)28/h4-5,8-10,13,15,35H,6-7,11-12H2,1-3H3. The number of aliphatic hydroxyl groups is 1. The molecule has 3 rings (SSSR count). The molecule has 0 bridgehead atoms. The smallest absolute Gasteiger partial charge is 0.369 e. The summed E-state index contributed by atoms with van der Waals surface area (Å²) in [6.45, 7) is 1.97. The molecule has 1 atom stereocenters. The van der Waals surface area contributed by atoms with Gasteiger partial charge in [0.2, 0.25) is 26.0 Å². The number of sulfonamides is 2. The zero-order chi connectivity index (χ0) is 31.2. The number of hydrogen-bond acceptors (Lipinski definition) is 9. The molecule has 1 aliphatic rings. The first-order valence-corrected chi connectivity index (χ1v) is 15.3. The largest absolute Gasteiger partial charge is 0.430 e. The van der Waals surface area contributed by atoms with E-state index >= 15 is 0 Å². The van der Waals surface area contributed by atoms with Crippen LogP contribution in [0.5, 0.6) is 0 Å². The molecule has 1 unspecified atom stereocenters. The minimum atomic E-state index is -6.15. The van der Waals surface area contributed by atoms with E-state index < -0.39 is 61.6 Å². The quantitative estimate of drug-likeness (QED) is 0.336. The molecule has 11 nitrogen and oxygen atoms in total. The van der Waals surface area contributed by atoms with E-state index in [4.69, 9.17) is 11.6 Å². The predicted molar refractivity (Wildman–Crippen MR) is 134 cm³/mol. The number of halogens is 7. The summed E-state index contributed by atoms with van der Waals surface area (Å²) in [6.07, 6.45) is -10.0. The maximum absolute atomic E-state index is 13.3. The average molecular weight is 655 g/mol. The molecule has 3 heterocycles. The van der Waals surface area contributed by atoms with Gasteiger partial charge in [0, 0.05) is 56.4 Å². The van der Waals surface area contributed by atoms with Crippen LogP contribution < -0.4 is 4.90 Å². The fourth-order valence-corrected chi connectivity index (χ4v) is 6.94. The average Bonchev–Trinajstić information content (AvgIpc) is 2.84. The van der Waals surface area contributed by atoms with E-state index in [-0.39, 0.29) is 48.6 Å². The molecular formula is C21H25ClF6N6O5S2. The lowest BCUT2D eigenvalue weighted by molar-refractivity contribution is -0.376. The van der Waals surface area contributed by atoms with Crippen LogP contribution in [-0.2, 0) is 25.6 Å². The number of alkyl halides is 6. The second-order valence-corrected chi connectivity index (χ2v) is 13.7. The van der Waals surface area contributed by atoms with E-state index in [0.717, 1.165) is 21.1 Å². The highest BCUT2D eigenvalue weighted by Crippen LogP contribution is 2.49. The number of hydrogen-bond donors (Lipinski definition) is 1. The van der Waals surface area contributed by atoms with Crippen LogP contribution in [0, 0.1) is 0 Å². The van der Waals surface area contributed by atoms with Gasteiger partial charge in [-0.1, -0.05) is 11.6 Å². The Balaban J connectivity index is 2.03. The van der Waals surface area contributed by atoms with Crippen LogP contribution >= 0.6 is 11.6 Å². The summed E-state index contributed by atoms with van der Waals surface area (Å²) < 4.78 is 133. The molecule has 0 aromatic carbocycles. The van der Waals surface area contributed by atoms with Crippen molar-refractivity contribution in [2.24, 2.45) is 0 Å². The number of aromatic nitrogens is 3. The Morgan fingerprint density at radius 1 is 1.00 bits per heavy atom. The first-order chi connectivity index (χ1) is 18.6. The van der Waals surface area contributed by atoms with Gasteiger partial charge in [0.15, 0.2) is 0 Å². The van der Waals surface area contributed by atoms with Gasteiger partial charge in [-0.05, 0) is 26.0 Å². The summed E-state index contributed by atoms with van der Waals surface area (Å²) in [7, 11) is -8.02. The Labute approximate surface area is 236 Å². The molecule has 0 spiro atoms. The van der Waals surface area contributed by atoms with Crippen LogP contribution in [0.2, 0.25) is 5.15 Å². The number of piperazine rings is 1. The van der Waals surface area contributed by atoms with Crippen LogP contribution in [-0.4, -0.2) is 102 Å². The number of rotatable bonds is 8. The van der Waals surface area contributed by atoms with Gasteiger partial charge in [0.1, 0.15) is 10.0 Å². The highest BCUT2D eigenvalue weighted by atomic mass is 35.5. The van der Waals surface area contributed by atoms with Gasteiger partial charge in [0.25, 0.3) is 5.60 Å². The summed E-state index contributed by atoms with van der Waals surface area (Å²) in [5.74, 6) is -0.409. The molecule has 1 fully saturated rings. The van der Waals surface area contributed by atoms with Gasteiger partial charge in [-0.25, -0.2) is 31.8 Å². The van der Waals surface area contributed by atoms with Gasteiger partial charge < -0.3 is 10.0 Å². The third kappa shape index (κ3) is 6.69. The Morgan fingerprint density at radius 2 is 1.56 bits per heavy atom. The lowest BCUT2D eigenvalue weighted by atomic mass is 9.95. The minimum Gasteiger partial charge on any atom is -0.369 e. The SMILES string of the molecule is CC(C)N(CC1CN(S(=O)(=O)c2ccc(Cl)nc2)CCN1c1ncc(C(O)(C(F)(F)F)C(F)(F)F)cn1)S(C)(=O)=O. The summed E-state index contributed by atoms with van der Waals surface area (Å²) in [5.41, 5.74) is -6.93. The number of nitrogens with zero attached hydrogens (tertiary/aromatic N) is 6. The second kappa shape index (κ2) is 11.4. The molecular weight excluding hydrogens is 630 g/mol. The monoisotopic (exact) mass is 654 g/mol. The summed E-state index contributed by atoms with van der Waals surface area (Å²) in [5, 5.41) is 9.66. The zero-order valence-electron chi connectivity index (χ0n) is 21.6. The normalized spacial score (nSPS) is 18.4. The third-order valence-electron chi connectivity index (χ3n) is 6.31. The topological polar surface area (TPSA) is 137 Å².